The maximum atomic E-state index is 13.3. The summed E-state index contributed by atoms with van der Waals surface area (Å²) in [6.07, 6.45) is 0.647. The van der Waals surface area contributed by atoms with E-state index in [2.05, 4.69) is 4.98 Å². The van der Waals surface area contributed by atoms with Crippen LogP contribution >= 0.6 is 0 Å². The number of carboxylic acid groups (broad SMARTS) is 1. The van der Waals surface area contributed by atoms with Crippen LogP contribution in [0.4, 0.5) is 19.4 Å². The number of aromatic nitrogens is 1. The van der Waals surface area contributed by atoms with E-state index in [9.17, 15) is 13.6 Å². The summed E-state index contributed by atoms with van der Waals surface area (Å²) >= 11 is 0. The Morgan fingerprint density at radius 2 is 1.65 bits per heavy atom. The Bertz CT molecular complexity index is 694. The molecule has 0 spiro atoms. The summed E-state index contributed by atoms with van der Waals surface area (Å²) in [6, 6.07) is 6.86. The van der Waals surface area contributed by atoms with Crippen molar-refractivity contribution in [1.29, 1.82) is 0 Å². The van der Waals surface area contributed by atoms with Crippen LogP contribution in [-0.2, 0) is 0 Å². The Morgan fingerprint density at radius 1 is 1.00 bits per heavy atom. The first-order valence-corrected chi connectivity index (χ1v) is 7.18. The number of hydrogen-bond acceptors (Lipinski definition) is 3. The van der Waals surface area contributed by atoms with Gasteiger partial charge < -0.3 is 14.9 Å². The molecule has 5 nitrogen and oxygen atoms in total. The van der Waals surface area contributed by atoms with E-state index >= 15 is 0 Å². The highest BCUT2D eigenvalue weighted by atomic mass is 19.1. The minimum atomic E-state index is -0.916. The zero-order valence-electron chi connectivity index (χ0n) is 12.2. The van der Waals surface area contributed by atoms with Crippen molar-refractivity contribution in [3.05, 3.63) is 48.2 Å². The molecule has 1 saturated heterocycles. The number of benzene rings is 1. The molecular formula is C16H15F2N3O2. The monoisotopic (exact) mass is 319 g/mol. The maximum Gasteiger partial charge on any atom is 0.407 e. The molecular weight excluding hydrogens is 304 g/mol. The molecule has 7 heteroatoms. The van der Waals surface area contributed by atoms with E-state index in [0.29, 0.717) is 37.3 Å². The number of piperazine rings is 1. The van der Waals surface area contributed by atoms with Crippen molar-refractivity contribution in [3.8, 4) is 11.1 Å². The van der Waals surface area contributed by atoms with Crippen molar-refractivity contribution in [2.75, 3.05) is 31.1 Å². The first kappa shape index (κ1) is 15.2. The van der Waals surface area contributed by atoms with Crippen molar-refractivity contribution in [3.63, 3.8) is 0 Å². The van der Waals surface area contributed by atoms with E-state index in [1.54, 1.807) is 18.3 Å². The maximum absolute atomic E-state index is 13.3. The Labute approximate surface area is 131 Å². The van der Waals surface area contributed by atoms with E-state index in [1.165, 1.54) is 17.0 Å². The zero-order valence-corrected chi connectivity index (χ0v) is 12.2. The van der Waals surface area contributed by atoms with E-state index in [-0.39, 0.29) is 0 Å². The molecule has 0 radical (unpaired) electrons. The van der Waals surface area contributed by atoms with Gasteiger partial charge in [0.1, 0.15) is 17.5 Å². The molecule has 0 unspecified atom stereocenters. The third kappa shape index (κ3) is 3.39. The Hall–Kier alpha value is -2.70. The summed E-state index contributed by atoms with van der Waals surface area (Å²) in [7, 11) is 0. The third-order valence-electron chi connectivity index (χ3n) is 3.82. The molecule has 1 aromatic heterocycles. The van der Waals surface area contributed by atoms with Gasteiger partial charge in [-0.05, 0) is 29.8 Å². The number of rotatable bonds is 2. The molecule has 2 heterocycles. The van der Waals surface area contributed by atoms with Gasteiger partial charge in [-0.2, -0.15) is 0 Å². The summed E-state index contributed by atoms with van der Waals surface area (Å²) in [5.41, 5.74) is 1.05. The zero-order chi connectivity index (χ0) is 16.4. The minimum Gasteiger partial charge on any atom is -0.465 e. The lowest BCUT2D eigenvalue weighted by Gasteiger charge is -2.33. The van der Waals surface area contributed by atoms with Crippen LogP contribution in [0.1, 0.15) is 0 Å². The molecule has 1 aliphatic heterocycles. The van der Waals surface area contributed by atoms with Crippen molar-refractivity contribution in [2.45, 2.75) is 0 Å². The van der Waals surface area contributed by atoms with Crippen LogP contribution in [0.3, 0.4) is 0 Å². The lowest BCUT2D eigenvalue weighted by molar-refractivity contribution is 0.142. The van der Waals surface area contributed by atoms with Gasteiger partial charge in [-0.1, -0.05) is 0 Å². The predicted octanol–water partition coefficient (Wildman–Crippen LogP) is 2.83. The van der Waals surface area contributed by atoms with Crippen LogP contribution in [-0.4, -0.2) is 47.3 Å². The second kappa shape index (κ2) is 6.20. The van der Waals surface area contributed by atoms with Gasteiger partial charge in [0.25, 0.3) is 0 Å². The molecule has 0 atom stereocenters. The predicted molar refractivity (Wildman–Crippen MR) is 81.4 cm³/mol. The number of halogens is 2. The van der Waals surface area contributed by atoms with Crippen LogP contribution in [0, 0.1) is 11.6 Å². The average molecular weight is 319 g/mol. The van der Waals surface area contributed by atoms with Gasteiger partial charge in [0.05, 0.1) is 0 Å². The first-order valence-electron chi connectivity index (χ1n) is 7.18. The molecule has 1 fully saturated rings. The van der Waals surface area contributed by atoms with Gasteiger partial charge >= 0.3 is 6.09 Å². The van der Waals surface area contributed by atoms with E-state index in [0.717, 1.165) is 11.9 Å². The standard InChI is InChI=1S/C16H15F2N3O2/c17-13-7-12(8-14(18)9-13)11-1-2-15(19-10-11)20-3-5-21(6-4-20)16(22)23/h1-2,7-10H,3-6H2,(H,22,23). The molecule has 0 bridgehead atoms. The Kier molecular flexibility index (Phi) is 4.10. The largest absolute Gasteiger partial charge is 0.465 e. The van der Waals surface area contributed by atoms with E-state index in [4.69, 9.17) is 5.11 Å². The summed E-state index contributed by atoms with van der Waals surface area (Å²) in [5, 5.41) is 8.93. The molecule has 3 rings (SSSR count). The van der Waals surface area contributed by atoms with Crippen LogP contribution in [0.2, 0.25) is 0 Å². The number of nitrogens with zero attached hydrogens (tertiary/aromatic N) is 3. The summed E-state index contributed by atoms with van der Waals surface area (Å²) in [6.45, 7) is 1.97. The molecule has 0 aliphatic carbocycles. The molecule has 2 aromatic rings. The minimum absolute atomic E-state index is 0.424. The Morgan fingerprint density at radius 3 is 2.17 bits per heavy atom. The summed E-state index contributed by atoms with van der Waals surface area (Å²) in [5.74, 6) is -0.543. The summed E-state index contributed by atoms with van der Waals surface area (Å²) in [4.78, 5) is 18.6. The SMILES string of the molecule is O=C(O)N1CCN(c2ccc(-c3cc(F)cc(F)c3)cn2)CC1. The number of amides is 1. The van der Waals surface area contributed by atoms with Gasteiger partial charge in [0, 0.05) is 44.0 Å². The van der Waals surface area contributed by atoms with Crippen LogP contribution in [0.25, 0.3) is 11.1 Å². The van der Waals surface area contributed by atoms with Crippen molar-refractivity contribution >= 4 is 11.9 Å². The van der Waals surface area contributed by atoms with Crippen molar-refractivity contribution in [2.24, 2.45) is 0 Å². The van der Waals surface area contributed by atoms with Gasteiger partial charge in [0.15, 0.2) is 0 Å². The molecule has 1 aliphatic rings. The van der Waals surface area contributed by atoms with Gasteiger partial charge in [-0.25, -0.2) is 18.6 Å². The van der Waals surface area contributed by atoms with Gasteiger partial charge in [-0.3, -0.25) is 0 Å². The average Bonchev–Trinajstić information content (AvgIpc) is 2.54. The third-order valence-corrected chi connectivity index (χ3v) is 3.82. The molecule has 23 heavy (non-hydrogen) atoms. The highest BCUT2D eigenvalue weighted by Gasteiger charge is 2.21. The number of hydrogen-bond donors (Lipinski definition) is 1. The smallest absolute Gasteiger partial charge is 0.407 e. The van der Waals surface area contributed by atoms with Crippen LogP contribution in [0.15, 0.2) is 36.5 Å². The molecule has 1 N–H and O–H groups in total. The van der Waals surface area contributed by atoms with Gasteiger partial charge in [-0.15, -0.1) is 0 Å². The molecule has 1 aromatic carbocycles. The number of carbonyl (C=O) groups is 1. The first-order chi connectivity index (χ1) is 11.0. The highest BCUT2D eigenvalue weighted by molar-refractivity contribution is 5.66. The fourth-order valence-corrected chi connectivity index (χ4v) is 2.59. The topological polar surface area (TPSA) is 56.7 Å². The van der Waals surface area contributed by atoms with E-state index in [1.807, 2.05) is 4.90 Å². The quantitative estimate of drug-likeness (QED) is 0.925. The molecule has 120 valence electrons. The number of pyridine rings is 1. The van der Waals surface area contributed by atoms with Crippen LogP contribution in [0.5, 0.6) is 0 Å². The van der Waals surface area contributed by atoms with E-state index < -0.39 is 17.7 Å². The fraction of sp³-hybridized carbons (Fsp3) is 0.250. The van der Waals surface area contributed by atoms with Crippen molar-refractivity contribution in [1.82, 2.24) is 9.88 Å². The molecule has 0 saturated carbocycles. The Balaban J connectivity index is 1.74. The lowest BCUT2D eigenvalue weighted by atomic mass is 10.1. The lowest BCUT2D eigenvalue weighted by Crippen LogP contribution is -2.48. The second-order valence-electron chi connectivity index (χ2n) is 5.32. The second-order valence-corrected chi connectivity index (χ2v) is 5.32. The van der Waals surface area contributed by atoms with Gasteiger partial charge in [0.2, 0.25) is 0 Å². The normalized spacial score (nSPS) is 14.9. The highest BCUT2D eigenvalue weighted by Crippen LogP contribution is 2.23. The van der Waals surface area contributed by atoms with Crippen molar-refractivity contribution < 1.29 is 18.7 Å². The van der Waals surface area contributed by atoms with Crippen LogP contribution < -0.4 is 4.90 Å². The summed E-state index contributed by atoms with van der Waals surface area (Å²) < 4.78 is 26.5. The fourth-order valence-electron chi connectivity index (χ4n) is 2.59. The number of anilines is 1. The molecule has 1 amide bonds.